The molecule has 0 saturated heterocycles. The van der Waals surface area contributed by atoms with Gasteiger partial charge in [-0.25, -0.2) is 4.79 Å². The number of aromatic nitrogens is 1. The number of amides is 1. The Morgan fingerprint density at radius 1 is 1.09 bits per heavy atom. The molecule has 1 heterocycles. The first-order valence-corrected chi connectivity index (χ1v) is 10.1. The van der Waals surface area contributed by atoms with Crippen LogP contribution < -0.4 is 10.1 Å². The molecule has 0 aliphatic rings. The Labute approximate surface area is 192 Å². The molecule has 33 heavy (non-hydrogen) atoms. The minimum Gasteiger partial charge on any atom is -0.497 e. The Morgan fingerprint density at radius 3 is 2.36 bits per heavy atom. The lowest BCUT2D eigenvalue weighted by Crippen LogP contribution is -2.23. The van der Waals surface area contributed by atoms with E-state index in [0.29, 0.717) is 11.4 Å². The van der Waals surface area contributed by atoms with Gasteiger partial charge in [0.1, 0.15) is 5.75 Å². The highest BCUT2D eigenvalue weighted by molar-refractivity contribution is 6.34. The van der Waals surface area contributed by atoms with Crippen molar-refractivity contribution in [2.24, 2.45) is 0 Å². The van der Waals surface area contributed by atoms with Crippen molar-refractivity contribution in [2.75, 3.05) is 19.0 Å². The molecule has 0 fully saturated rings. The van der Waals surface area contributed by atoms with Gasteiger partial charge in [0.15, 0.2) is 6.61 Å². The molecule has 0 radical (unpaired) electrons. The summed E-state index contributed by atoms with van der Waals surface area (Å²) in [6.45, 7) is 2.73. The summed E-state index contributed by atoms with van der Waals surface area (Å²) in [7, 11) is 1.56. The van der Waals surface area contributed by atoms with Gasteiger partial charge >= 0.3 is 12.1 Å². The number of halogens is 4. The topological polar surface area (TPSA) is 69.6 Å². The predicted octanol–water partition coefficient (Wildman–Crippen LogP) is 5.57. The summed E-state index contributed by atoms with van der Waals surface area (Å²) >= 11 is 5.82. The molecule has 0 unspecified atom stereocenters. The smallest absolute Gasteiger partial charge is 0.418 e. The van der Waals surface area contributed by atoms with Gasteiger partial charge in [-0.15, -0.1) is 0 Å². The van der Waals surface area contributed by atoms with Crippen LogP contribution in [0.1, 0.15) is 27.3 Å². The molecular formula is C23H20ClF3N2O4. The number of carbonyl (C=O) groups excluding carboxylic acids is 2. The quantitative estimate of drug-likeness (QED) is 0.468. The fourth-order valence-corrected chi connectivity index (χ4v) is 3.59. The minimum absolute atomic E-state index is 0.227. The molecule has 3 aromatic rings. The lowest BCUT2D eigenvalue weighted by molar-refractivity contribution is -0.137. The summed E-state index contributed by atoms with van der Waals surface area (Å²) in [5.41, 5.74) is 0.655. The van der Waals surface area contributed by atoms with Gasteiger partial charge in [-0.3, -0.25) is 4.79 Å². The number of ether oxygens (including phenoxy) is 2. The van der Waals surface area contributed by atoms with Crippen molar-refractivity contribution >= 4 is 29.2 Å². The van der Waals surface area contributed by atoms with E-state index < -0.39 is 35.9 Å². The summed E-state index contributed by atoms with van der Waals surface area (Å²) in [5, 5.41) is 1.79. The van der Waals surface area contributed by atoms with Gasteiger partial charge in [0.05, 0.1) is 28.9 Å². The largest absolute Gasteiger partial charge is 0.497 e. The second kappa shape index (κ2) is 9.58. The molecule has 10 heteroatoms. The highest BCUT2D eigenvalue weighted by atomic mass is 35.5. The zero-order chi connectivity index (χ0) is 24.3. The van der Waals surface area contributed by atoms with Gasteiger partial charge in [-0.1, -0.05) is 17.7 Å². The van der Waals surface area contributed by atoms with Crippen molar-refractivity contribution in [1.29, 1.82) is 0 Å². The Bertz CT molecular complexity index is 1190. The molecule has 0 aliphatic heterocycles. The molecule has 3 rings (SSSR count). The zero-order valence-corrected chi connectivity index (χ0v) is 18.7. The third kappa shape index (κ3) is 5.31. The fourth-order valence-electron chi connectivity index (χ4n) is 3.37. The fraction of sp³-hybridized carbons (Fsp3) is 0.217. The second-order valence-electron chi connectivity index (χ2n) is 7.10. The van der Waals surface area contributed by atoms with Crippen LogP contribution in [0, 0.1) is 13.8 Å². The number of nitrogens with one attached hydrogen (secondary N) is 1. The maximum Gasteiger partial charge on any atom is 0.418 e. The Kier molecular flexibility index (Phi) is 7.02. The average molecular weight is 481 g/mol. The van der Waals surface area contributed by atoms with Crippen LogP contribution in [0.15, 0.2) is 48.5 Å². The maximum absolute atomic E-state index is 13.2. The number of rotatable bonds is 6. The molecule has 1 N–H and O–H groups in total. The van der Waals surface area contributed by atoms with Crippen LogP contribution in [0.5, 0.6) is 5.75 Å². The third-order valence-electron chi connectivity index (χ3n) is 4.90. The number of aryl methyl sites for hydroxylation is 1. The Morgan fingerprint density at radius 2 is 1.76 bits per heavy atom. The van der Waals surface area contributed by atoms with Crippen LogP contribution >= 0.6 is 11.6 Å². The standard InChI is InChI=1S/C23H20ClF3N2O4/c1-13-11-17(14(2)29(13)15-7-9-16(32-3)10-8-15)22(31)33-12-20(30)28-21-18(23(25,26)27)5-4-6-19(21)24/h4-11H,12H2,1-3H3,(H,28,30). The van der Waals surface area contributed by atoms with Gasteiger partial charge in [0.25, 0.3) is 5.91 Å². The third-order valence-corrected chi connectivity index (χ3v) is 5.21. The number of carbonyl (C=O) groups is 2. The first-order valence-electron chi connectivity index (χ1n) is 9.69. The van der Waals surface area contributed by atoms with Gasteiger partial charge in [-0.2, -0.15) is 13.2 Å². The van der Waals surface area contributed by atoms with Crippen molar-refractivity contribution < 1.29 is 32.2 Å². The lowest BCUT2D eigenvalue weighted by Gasteiger charge is -2.15. The van der Waals surface area contributed by atoms with Crippen LogP contribution in [0.3, 0.4) is 0 Å². The number of benzene rings is 2. The van der Waals surface area contributed by atoms with Crippen molar-refractivity contribution in [1.82, 2.24) is 4.57 Å². The van der Waals surface area contributed by atoms with Gasteiger partial charge in [0.2, 0.25) is 0 Å². The summed E-state index contributed by atoms with van der Waals surface area (Å²) in [6, 6.07) is 11.9. The van der Waals surface area contributed by atoms with E-state index in [1.807, 2.05) is 16.7 Å². The van der Waals surface area contributed by atoms with Gasteiger partial charge in [-0.05, 0) is 56.3 Å². The van der Waals surface area contributed by atoms with E-state index in [2.05, 4.69) is 5.32 Å². The highest BCUT2D eigenvalue weighted by Gasteiger charge is 2.35. The predicted molar refractivity (Wildman–Crippen MR) is 117 cm³/mol. The first-order chi connectivity index (χ1) is 15.5. The van der Waals surface area contributed by atoms with Crippen molar-refractivity contribution in [3.05, 3.63) is 76.1 Å². The number of hydrogen-bond donors (Lipinski definition) is 1. The summed E-state index contributed by atoms with van der Waals surface area (Å²) in [5.74, 6) is -1.06. The maximum atomic E-state index is 13.2. The molecule has 1 aromatic heterocycles. The van der Waals surface area contributed by atoms with E-state index in [1.54, 1.807) is 39.2 Å². The number of nitrogens with zero attached hydrogens (tertiary/aromatic N) is 1. The van der Waals surface area contributed by atoms with Crippen LogP contribution in [-0.2, 0) is 15.7 Å². The van der Waals surface area contributed by atoms with E-state index in [-0.39, 0.29) is 10.6 Å². The molecule has 0 saturated carbocycles. The SMILES string of the molecule is COc1ccc(-n2c(C)cc(C(=O)OCC(=O)Nc3c(Cl)cccc3C(F)(F)F)c2C)cc1. The number of alkyl halides is 3. The molecule has 1 amide bonds. The van der Waals surface area contributed by atoms with E-state index in [1.165, 1.54) is 6.07 Å². The molecule has 6 nitrogen and oxygen atoms in total. The zero-order valence-electron chi connectivity index (χ0n) is 17.9. The monoisotopic (exact) mass is 480 g/mol. The van der Waals surface area contributed by atoms with Crippen LogP contribution in [-0.4, -0.2) is 30.2 Å². The molecule has 2 aromatic carbocycles. The second-order valence-corrected chi connectivity index (χ2v) is 7.51. The number of hydrogen-bond acceptors (Lipinski definition) is 4. The van der Waals surface area contributed by atoms with Crippen LogP contribution in [0.4, 0.5) is 18.9 Å². The summed E-state index contributed by atoms with van der Waals surface area (Å²) in [4.78, 5) is 24.8. The van der Waals surface area contributed by atoms with Gasteiger partial charge in [0, 0.05) is 17.1 Å². The summed E-state index contributed by atoms with van der Waals surface area (Å²) < 4.78 is 51.5. The van der Waals surface area contributed by atoms with Gasteiger partial charge < -0.3 is 19.4 Å². The number of methoxy groups -OCH3 is 1. The minimum atomic E-state index is -4.72. The Hall–Kier alpha value is -3.46. The van der Waals surface area contributed by atoms with Crippen LogP contribution in [0.25, 0.3) is 5.69 Å². The number of esters is 1. The molecular weight excluding hydrogens is 461 g/mol. The van der Waals surface area contributed by atoms with Crippen LogP contribution in [0.2, 0.25) is 5.02 Å². The molecule has 0 bridgehead atoms. The van der Waals surface area contributed by atoms with E-state index in [0.717, 1.165) is 23.5 Å². The lowest BCUT2D eigenvalue weighted by atomic mass is 10.1. The first kappa shape index (κ1) is 24.2. The van der Waals surface area contributed by atoms with E-state index in [4.69, 9.17) is 21.1 Å². The number of para-hydroxylation sites is 1. The highest BCUT2D eigenvalue weighted by Crippen LogP contribution is 2.38. The normalized spacial score (nSPS) is 11.2. The molecule has 0 spiro atoms. The van der Waals surface area contributed by atoms with Crippen molar-refractivity contribution in [3.63, 3.8) is 0 Å². The number of anilines is 1. The van der Waals surface area contributed by atoms with E-state index >= 15 is 0 Å². The molecule has 0 aliphatic carbocycles. The van der Waals surface area contributed by atoms with Crippen molar-refractivity contribution in [2.45, 2.75) is 20.0 Å². The Balaban J connectivity index is 1.73. The molecule has 174 valence electrons. The van der Waals surface area contributed by atoms with Crippen molar-refractivity contribution in [3.8, 4) is 11.4 Å². The summed E-state index contributed by atoms with van der Waals surface area (Å²) in [6.07, 6.45) is -4.72. The van der Waals surface area contributed by atoms with E-state index in [9.17, 15) is 22.8 Å². The molecule has 0 atom stereocenters. The average Bonchev–Trinajstić information content (AvgIpc) is 3.06.